The van der Waals surface area contributed by atoms with E-state index in [4.69, 9.17) is 10.5 Å². The van der Waals surface area contributed by atoms with Crippen molar-refractivity contribution in [1.29, 1.82) is 0 Å². The molecule has 100 valence electrons. The summed E-state index contributed by atoms with van der Waals surface area (Å²) in [6.07, 6.45) is 1.31. The lowest BCUT2D eigenvalue weighted by atomic mass is 9.99. The maximum atomic E-state index is 5.80. The van der Waals surface area contributed by atoms with E-state index in [1.807, 2.05) is 0 Å². The Balaban J connectivity index is 2.18. The Morgan fingerprint density at radius 3 is 2.72 bits per heavy atom. The number of rotatable bonds is 4. The molecule has 18 heavy (non-hydrogen) atoms. The van der Waals surface area contributed by atoms with Crippen LogP contribution >= 0.6 is 0 Å². The van der Waals surface area contributed by atoms with Crippen LogP contribution < -0.4 is 5.73 Å². The van der Waals surface area contributed by atoms with Gasteiger partial charge in [-0.2, -0.15) is 0 Å². The third-order valence-corrected chi connectivity index (χ3v) is 3.68. The second-order valence-corrected chi connectivity index (χ2v) is 5.19. The van der Waals surface area contributed by atoms with E-state index in [0.717, 1.165) is 26.1 Å². The van der Waals surface area contributed by atoms with Crippen LogP contribution in [0, 0.1) is 0 Å². The van der Waals surface area contributed by atoms with Crippen molar-refractivity contribution in [2.75, 3.05) is 19.7 Å². The van der Waals surface area contributed by atoms with E-state index in [2.05, 4.69) is 49.1 Å². The summed E-state index contributed by atoms with van der Waals surface area (Å²) < 4.78 is 5.71. The van der Waals surface area contributed by atoms with Gasteiger partial charge in [0.05, 0.1) is 12.7 Å². The van der Waals surface area contributed by atoms with Crippen LogP contribution in [-0.4, -0.2) is 36.7 Å². The minimum atomic E-state index is 0.310. The van der Waals surface area contributed by atoms with Crippen LogP contribution in [0.5, 0.6) is 0 Å². The molecule has 1 aromatic carbocycles. The van der Waals surface area contributed by atoms with Crippen molar-refractivity contribution in [2.45, 2.75) is 38.5 Å². The fourth-order valence-electron chi connectivity index (χ4n) is 2.72. The largest absolute Gasteiger partial charge is 0.376 e. The minimum absolute atomic E-state index is 0.310. The molecule has 3 atom stereocenters. The number of benzene rings is 1. The van der Waals surface area contributed by atoms with Crippen LogP contribution in [0.25, 0.3) is 0 Å². The van der Waals surface area contributed by atoms with Gasteiger partial charge in [0.25, 0.3) is 0 Å². The molecule has 1 aromatic rings. The van der Waals surface area contributed by atoms with Crippen LogP contribution in [0.2, 0.25) is 0 Å². The highest BCUT2D eigenvalue weighted by molar-refractivity contribution is 5.19. The molecule has 0 aromatic heterocycles. The van der Waals surface area contributed by atoms with Gasteiger partial charge < -0.3 is 10.5 Å². The van der Waals surface area contributed by atoms with Crippen molar-refractivity contribution in [2.24, 2.45) is 5.73 Å². The maximum absolute atomic E-state index is 5.80. The van der Waals surface area contributed by atoms with E-state index in [0.29, 0.717) is 18.2 Å². The number of nitrogens with zero attached hydrogens (tertiary/aromatic N) is 1. The summed E-state index contributed by atoms with van der Waals surface area (Å²) in [5.74, 6) is 0. The van der Waals surface area contributed by atoms with E-state index in [9.17, 15) is 0 Å². The molecule has 3 nitrogen and oxygen atoms in total. The SMILES string of the molecule is CC1CN(C(CCN)c2ccccc2)C(C)CO1. The molecule has 0 bridgehead atoms. The van der Waals surface area contributed by atoms with Gasteiger partial charge in [-0.05, 0) is 32.4 Å². The average Bonchev–Trinajstić information content (AvgIpc) is 2.40. The summed E-state index contributed by atoms with van der Waals surface area (Å²) in [5, 5.41) is 0. The Labute approximate surface area is 110 Å². The van der Waals surface area contributed by atoms with Crippen LogP contribution in [0.3, 0.4) is 0 Å². The smallest absolute Gasteiger partial charge is 0.0675 e. The monoisotopic (exact) mass is 248 g/mol. The molecule has 2 rings (SSSR count). The van der Waals surface area contributed by atoms with Crippen LogP contribution in [0.4, 0.5) is 0 Å². The first-order valence-electron chi connectivity index (χ1n) is 6.84. The molecule has 1 aliphatic rings. The number of nitrogens with two attached hydrogens (primary N) is 1. The van der Waals surface area contributed by atoms with Gasteiger partial charge >= 0.3 is 0 Å². The Kier molecular flexibility index (Phi) is 4.75. The highest BCUT2D eigenvalue weighted by Crippen LogP contribution is 2.28. The van der Waals surface area contributed by atoms with Crippen molar-refractivity contribution in [1.82, 2.24) is 4.90 Å². The predicted molar refractivity (Wildman–Crippen MR) is 74.4 cm³/mol. The summed E-state index contributed by atoms with van der Waals surface area (Å²) in [6.45, 7) is 6.90. The molecular weight excluding hydrogens is 224 g/mol. The molecule has 1 fully saturated rings. The maximum Gasteiger partial charge on any atom is 0.0675 e. The zero-order chi connectivity index (χ0) is 13.0. The number of hydrogen-bond donors (Lipinski definition) is 1. The molecule has 3 heteroatoms. The molecule has 1 heterocycles. The molecule has 0 amide bonds. The zero-order valence-corrected chi connectivity index (χ0v) is 11.4. The third-order valence-electron chi connectivity index (χ3n) is 3.68. The number of morpholine rings is 1. The molecule has 0 spiro atoms. The summed E-state index contributed by atoms with van der Waals surface area (Å²) in [5.41, 5.74) is 7.16. The van der Waals surface area contributed by atoms with Gasteiger partial charge in [0.2, 0.25) is 0 Å². The first-order valence-corrected chi connectivity index (χ1v) is 6.84. The number of ether oxygens (including phenoxy) is 1. The van der Waals surface area contributed by atoms with E-state index >= 15 is 0 Å². The summed E-state index contributed by atoms with van der Waals surface area (Å²) in [6, 6.07) is 11.5. The van der Waals surface area contributed by atoms with Crippen molar-refractivity contribution in [3.8, 4) is 0 Å². The molecule has 0 saturated carbocycles. The lowest BCUT2D eigenvalue weighted by Crippen LogP contribution is -2.49. The van der Waals surface area contributed by atoms with Gasteiger partial charge in [-0.25, -0.2) is 0 Å². The van der Waals surface area contributed by atoms with E-state index in [1.54, 1.807) is 0 Å². The normalized spacial score (nSPS) is 27.1. The van der Waals surface area contributed by atoms with Gasteiger partial charge in [0, 0.05) is 18.6 Å². The highest BCUT2D eigenvalue weighted by Gasteiger charge is 2.29. The Morgan fingerprint density at radius 1 is 1.33 bits per heavy atom. The van der Waals surface area contributed by atoms with E-state index in [-0.39, 0.29) is 0 Å². The van der Waals surface area contributed by atoms with Crippen LogP contribution in [0.15, 0.2) is 30.3 Å². The van der Waals surface area contributed by atoms with Gasteiger partial charge in [0.1, 0.15) is 0 Å². The second-order valence-electron chi connectivity index (χ2n) is 5.19. The van der Waals surface area contributed by atoms with E-state index in [1.165, 1.54) is 5.56 Å². The molecule has 2 N–H and O–H groups in total. The predicted octanol–water partition coefficient (Wildman–Crippen LogP) is 2.19. The summed E-state index contributed by atoms with van der Waals surface area (Å²) in [7, 11) is 0. The topological polar surface area (TPSA) is 38.5 Å². The quantitative estimate of drug-likeness (QED) is 0.887. The summed E-state index contributed by atoms with van der Waals surface area (Å²) >= 11 is 0. The number of hydrogen-bond acceptors (Lipinski definition) is 3. The lowest BCUT2D eigenvalue weighted by Gasteiger charge is -2.42. The minimum Gasteiger partial charge on any atom is -0.376 e. The second kappa shape index (κ2) is 6.32. The molecule has 1 aliphatic heterocycles. The van der Waals surface area contributed by atoms with Crippen molar-refractivity contribution in [3.63, 3.8) is 0 Å². The first-order chi connectivity index (χ1) is 8.72. The molecular formula is C15H24N2O. The summed E-state index contributed by atoms with van der Waals surface area (Å²) in [4.78, 5) is 2.54. The van der Waals surface area contributed by atoms with Crippen LogP contribution in [0.1, 0.15) is 31.9 Å². The van der Waals surface area contributed by atoms with Crippen molar-refractivity contribution >= 4 is 0 Å². The fourth-order valence-corrected chi connectivity index (χ4v) is 2.72. The average molecular weight is 248 g/mol. The Hall–Kier alpha value is -0.900. The Bertz CT molecular complexity index is 355. The van der Waals surface area contributed by atoms with Gasteiger partial charge in [-0.15, -0.1) is 0 Å². The van der Waals surface area contributed by atoms with Crippen molar-refractivity contribution in [3.05, 3.63) is 35.9 Å². The molecule has 1 saturated heterocycles. The van der Waals surface area contributed by atoms with Crippen LogP contribution in [-0.2, 0) is 4.74 Å². The first kappa shape index (κ1) is 13.5. The van der Waals surface area contributed by atoms with Crippen molar-refractivity contribution < 1.29 is 4.74 Å². The van der Waals surface area contributed by atoms with Gasteiger partial charge in [0.15, 0.2) is 0 Å². The van der Waals surface area contributed by atoms with Gasteiger partial charge in [-0.1, -0.05) is 30.3 Å². The highest BCUT2D eigenvalue weighted by atomic mass is 16.5. The zero-order valence-electron chi connectivity index (χ0n) is 11.4. The third kappa shape index (κ3) is 3.10. The molecule has 0 radical (unpaired) electrons. The molecule has 0 aliphatic carbocycles. The lowest BCUT2D eigenvalue weighted by molar-refractivity contribution is -0.0676. The van der Waals surface area contributed by atoms with Gasteiger partial charge in [-0.3, -0.25) is 4.90 Å². The Morgan fingerprint density at radius 2 is 2.06 bits per heavy atom. The fraction of sp³-hybridized carbons (Fsp3) is 0.600. The standard InChI is InChI=1S/C15H24N2O/c1-12-11-18-13(2)10-17(12)15(8-9-16)14-6-4-3-5-7-14/h3-7,12-13,15H,8-11,16H2,1-2H3. The van der Waals surface area contributed by atoms with E-state index < -0.39 is 0 Å². The molecule has 3 unspecified atom stereocenters.